The van der Waals surface area contributed by atoms with Gasteiger partial charge in [-0.2, -0.15) is 0 Å². The number of nitrogens with one attached hydrogen (secondary N) is 1. The molecule has 3 aliphatic heterocycles. The lowest BCUT2D eigenvalue weighted by molar-refractivity contribution is 0.0693. The molecule has 0 radical (unpaired) electrons. The molecule has 7 heteroatoms. The normalized spacial score (nSPS) is 23.4. The summed E-state index contributed by atoms with van der Waals surface area (Å²) in [5, 5.41) is 13.4. The number of carbonyl (C=O) groups is 1. The molecule has 5 rings (SSSR count). The molecule has 1 saturated heterocycles. The minimum Gasteiger partial charge on any atom is -0.496 e. The smallest absolute Gasteiger partial charge is 0.339 e. The van der Waals surface area contributed by atoms with Crippen LogP contribution in [-0.2, 0) is 0 Å². The number of benzene rings is 2. The number of hydrogen-bond acceptors (Lipinski definition) is 6. The van der Waals surface area contributed by atoms with Crippen molar-refractivity contribution in [3.63, 3.8) is 0 Å². The molecule has 2 unspecified atom stereocenters. The van der Waals surface area contributed by atoms with E-state index in [1.807, 2.05) is 30.0 Å². The fourth-order valence-electron chi connectivity index (χ4n) is 4.92. The highest BCUT2D eigenvalue weighted by Crippen LogP contribution is 2.54. The van der Waals surface area contributed by atoms with Gasteiger partial charge in [-0.15, -0.1) is 0 Å². The predicted molar refractivity (Wildman–Crippen MR) is 117 cm³/mol. The maximum absolute atomic E-state index is 11.8. The molecule has 0 aliphatic carbocycles. The van der Waals surface area contributed by atoms with Gasteiger partial charge >= 0.3 is 5.97 Å². The van der Waals surface area contributed by atoms with Crippen LogP contribution < -0.4 is 19.7 Å². The number of para-hydroxylation sites is 1. The minimum atomic E-state index is -0.955. The van der Waals surface area contributed by atoms with Crippen LogP contribution in [0.3, 0.4) is 0 Å². The molecule has 0 aromatic heterocycles. The van der Waals surface area contributed by atoms with E-state index in [9.17, 15) is 9.90 Å². The molecule has 2 aromatic rings. The zero-order valence-corrected chi connectivity index (χ0v) is 17.8. The molecule has 2 N–H and O–H groups in total. The topological polar surface area (TPSA) is 71.0 Å². The highest BCUT2D eigenvalue weighted by atomic mass is 32.2. The standard InChI is InChI=1S/C23H26N2O4S/c1-28-20-13-18-21(12-16(20)23(26)27)30-22(14-6-9-24-10-7-14)25(18)17-8-11-29-19-5-3-2-4-15(17)19/h2-5,12-14,17,22,24H,6-11H2,1H3,(H,26,27). The number of anilines is 1. The van der Waals surface area contributed by atoms with E-state index in [0.717, 1.165) is 48.7 Å². The molecule has 158 valence electrons. The number of fused-ring (bicyclic) bond motifs is 2. The Labute approximate surface area is 180 Å². The number of aromatic carboxylic acids is 1. The average Bonchev–Trinajstić information content (AvgIpc) is 3.16. The molecular formula is C23H26N2O4S. The average molecular weight is 427 g/mol. The van der Waals surface area contributed by atoms with Gasteiger partial charge in [0.05, 0.1) is 30.8 Å². The van der Waals surface area contributed by atoms with Crippen molar-refractivity contribution >= 4 is 23.4 Å². The minimum absolute atomic E-state index is 0.198. The number of rotatable bonds is 4. The summed E-state index contributed by atoms with van der Waals surface area (Å²) in [4.78, 5) is 15.3. The summed E-state index contributed by atoms with van der Waals surface area (Å²) in [5.74, 6) is 0.949. The first kappa shape index (κ1) is 19.6. The lowest BCUT2D eigenvalue weighted by Crippen LogP contribution is -2.43. The van der Waals surface area contributed by atoms with Crippen LogP contribution in [-0.4, -0.2) is 43.3 Å². The van der Waals surface area contributed by atoms with Crippen molar-refractivity contribution in [3.05, 3.63) is 47.5 Å². The Kier molecular flexibility index (Phi) is 5.25. The number of thioether (sulfide) groups is 1. The van der Waals surface area contributed by atoms with Crippen molar-refractivity contribution in [1.29, 1.82) is 0 Å². The first-order chi connectivity index (χ1) is 14.7. The van der Waals surface area contributed by atoms with Crippen LogP contribution in [0.15, 0.2) is 41.3 Å². The summed E-state index contributed by atoms with van der Waals surface area (Å²) in [6.07, 6.45) is 3.15. The Morgan fingerprint density at radius 1 is 1.23 bits per heavy atom. The lowest BCUT2D eigenvalue weighted by Gasteiger charge is -2.42. The molecular weight excluding hydrogens is 400 g/mol. The van der Waals surface area contributed by atoms with E-state index in [4.69, 9.17) is 9.47 Å². The van der Waals surface area contributed by atoms with Crippen molar-refractivity contribution in [2.24, 2.45) is 5.92 Å². The third-order valence-corrected chi connectivity index (χ3v) is 7.80. The highest BCUT2D eigenvalue weighted by molar-refractivity contribution is 8.00. The second-order valence-corrected chi connectivity index (χ2v) is 9.18. The number of carboxylic acids is 1. The van der Waals surface area contributed by atoms with Crippen molar-refractivity contribution in [1.82, 2.24) is 5.32 Å². The van der Waals surface area contributed by atoms with E-state index in [1.54, 1.807) is 6.07 Å². The second-order valence-electron chi connectivity index (χ2n) is 8.02. The van der Waals surface area contributed by atoms with Crippen LogP contribution >= 0.6 is 11.8 Å². The molecule has 30 heavy (non-hydrogen) atoms. The predicted octanol–water partition coefficient (Wildman–Crippen LogP) is 4.16. The molecule has 0 bridgehead atoms. The van der Waals surface area contributed by atoms with Gasteiger partial charge in [0.2, 0.25) is 0 Å². The van der Waals surface area contributed by atoms with Crippen LogP contribution in [0.4, 0.5) is 5.69 Å². The van der Waals surface area contributed by atoms with Crippen LogP contribution in [0.5, 0.6) is 11.5 Å². The molecule has 0 saturated carbocycles. The summed E-state index contributed by atoms with van der Waals surface area (Å²) in [6.45, 7) is 2.74. The van der Waals surface area contributed by atoms with Gasteiger partial charge in [-0.25, -0.2) is 4.79 Å². The zero-order valence-electron chi connectivity index (χ0n) is 17.0. The fraction of sp³-hybridized carbons (Fsp3) is 0.435. The van der Waals surface area contributed by atoms with Gasteiger partial charge < -0.3 is 24.8 Å². The number of carboxylic acid groups (broad SMARTS) is 1. The van der Waals surface area contributed by atoms with Crippen molar-refractivity contribution in [2.45, 2.75) is 35.6 Å². The maximum atomic E-state index is 11.8. The first-order valence-electron chi connectivity index (χ1n) is 10.5. The van der Waals surface area contributed by atoms with Gasteiger partial charge in [0, 0.05) is 22.9 Å². The molecule has 0 spiro atoms. The Balaban J connectivity index is 1.62. The van der Waals surface area contributed by atoms with E-state index in [1.165, 1.54) is 12.7 Å². The van der Waals surface area contributed by atoms with E-state index < -0.39 is 5.97 Å². The van der Waals surface area contributed by atoms with E-state index >= 15 is 0 Å². The quantitative estimate of drug-likeness (QED) is 0.761. The summed E-state index contributed by atoms with van der Waals surface area (Å²) >= 11 is 1.81. The monoisotopic (exact) mass is 426 g/mol. The molecule has 3 heterocycles. The number of methoxy groups -OCH3 is 1. The van der Waals surface area contributed by atoms with Gasteiger partial charge in [-0.1, -0.05) is 30.0 Å². The number of piperidine rings is 1. The third-order valence-electron chi connectivity index (χ3n) is 6.36. The largest absolute Gasteiger partial charge is 0.496 e. The SMILES string of the molecule is COc1cc2c(cc1C(=O)O)SC(C1CCNCC1)N2C1CCOc2ccccc21. The Morgan fingerprint density at radius 3 is 2.80 bits per heavy atom. The Morgan fingerprint density at radius 2 is 2.03 bits per heavy atom. The number of nitrogens with zero attached hydrogens (tertiary/aromatic N) is 1. The summed E-state index contributed by atoms with van der Waals surface area (Å²) in [6, 6.07) is 12.2. The van der Waals surface area contributed by atoms with E-state index in [-0.39, 0.29) is 17.0 Å². The van der Waals surface area contributed by atoms with Gasteiger partial charge in [0.1, 0.15) is 17.1 Å². The van der Waals surface area contributed by atoms with Gasteiger partial charge in [-0.3, -0.25) is 0 Å². The summed E-state index contributed by atoms with van der Waals surface area (Å²) in [7, 11) is 1.54. The highest BCUT2D eigenvalue weighted by Gasteiger charge is 2.42. The van der Waals surface area contributed by atoms with Gasteiger partial charge in [0.25, 0.3) is 0 Å². The lowest BCUT2D eigenvalue weighted by atomic mass is 9.93. The molecule has 2 aromatic carbocycles. The maximum Gasteiger partial charge on any atom is 0.339 e. The Bertz CT molecular complexity index is 960. The first-order valence-corrected chi connectivity index (χ1v) is 11.4. The molecule has 2 atom stereocenters. The molecule has 0 amide bonds. The molecule has 1 fully saturated rings. The van der Waals surface area contributed by atoms with Crippen LogP contribution in [0.1, 0.15) is 41.2 Å². The Hall–Kier alpha value is -2.38. The van der Waals surface area contributed by atoms with Crippen molar-refractivity contribution in [2.75, 3.05) is 31.7 Å². The van der Waals surface area contributed by atoms with Crippen LogP contribution in [0, 0.1) is 5.92 Å². The van der Waals surface area contributed by atoms with Crippen molar-refractivity contribution < 1.29 is 19.4 Å². The van der Waals surface area contributed by atoms with E-state index in [2.05, 4.69) is 22.3 Å². The van der Waals surface area contributed by atoms with Crippen molar-refractivity contribution in [3.8, 4) is 11.5 Å². The third kappa shape index (κ3) is 3.30. The molecule has 3 aliphatic rings. The summed E-state index contributed by atoms with van der Waals surface area (Å²) < 4.78 is 11.4. The fourth-order valence-corrected chi connectivity index (χ4v) is 6.49. The zero-order chi connectivity index (χ0) is 20.7. The molecule has 6 nitrogen and oxygen atoms in total. The van der Waals surface area contributed by atoms with Crippen LogP contribution in [0.2, 0.25) is 0 Å². The second kappa shape index (κ2) is 8.04. The van der Waals surface area contributed by atoms with Gasteiger partial charge in [0.15, 0.2) is 0 Å². The number of ether oxygens (including phenoxy) is 2. The number of hydrogen-bond donors (Lipinski definition) is 2. The van der Waals surface area contributed by atoms with E-state index in [0.29, 0.717) is 18.3 Å². The van der Waals surface area contributed by atoms with Gasteiger partial charge in [-0.05, 0) is 44.0 Å². The summed E-state index contributed by atoms with van der Waals surface area (Å²) in [5.41, 5.74) is 2.51. The van der Waals surface area contributed by atoms with Crippen LogP contribution in [0.25, 0.3) is 0 Å².